The summed E-state index contributed by atoms with van der Waals surface area (Å²) in [5, 5.41) is 0. The van der Waals surface area contributed by atoms with Crippen molar-refractivity contribution >= 4 is 5.91 Å². The van der Waals surface area contributed by atoms with Crippen LogP contribution < -0.4 is 5.73 Å². The lowest BCUT2D eigenvalue weighted by atomic mass is 9.99. The second-order valence-corrected chi connectivity index (χ2v) is 4.41. The fourth-order valence-corrected chi connectivity index (χ4v) is 2.47. The smallest absolute Gasteiger partial charge is 0.224 e. The molecule has 0 saturated carbocycles. The molecule has 1 aromatic carbocycles. The predicted octanol–water partition coefficient (Wildman–Crippen LogP) is 1.62. The minimum Gasteiger partial charge on any atom is -0.334 e. The number of likely N-dealkylation sites (N-methyl/N-ethyl adjacent to an activating group) is 1. The van der Waals surface area contributed by atoms with Crippen LogP contribution in [0.1, 0.15) is 30.5 Å². The van der Waals surface area contributed by atoms with Crippen LogP contribution in [0.3, 0.4) is 0 Å². The Morgan fingerprint density at radius 3 is 2.88 bits per heavy atom. The van der Waals surface area contributed by atoms with Crippen molar-refractivity contribution in [1.29, 1.82) is 0 Å². The van der Waals surface area contributed by atoms with Gasteiger partial charge in [-0.2, -0.15) is 0 Å². The van der Waals surface area contributed by atoms with Crippen molar-refractivity contribution in [2.75, 3.05) is 6.54 Å². The quantitative estimate of drug-likeness (QED) is 0.819. The molecule has 2 rings (SSSR count). The number of benzene rings is 1. The van der Waals surface area contributed by atoms with Gasteiger partial charge in [0.2, 0.25) is 5.91 Å². The number of carbonyl (C=O) groups excluding carboxylic acids is 1. The van der Waals surface area contributed by atoms with Crippen LogP contribution in [0.4, 0.5) is 0 Å². The minimum absolute atomic E-state index is 0.0531. The van der Waals surface area contributed by atoms with Crippen molar-refractivity contribution in [3.8, 4) is 0 Å². The fourth-order valence-electron chi connectivity index (χ4n) is 2.47. The van der Waals surface area contributed by atoms with Crippen LogP contribution in [-0.4, -0.2) is 23.4 Å². The SMILES string of the molecule is CCN1C(=O)CC(N)C1c1cccc(C)c1. The molecule has 16 heavy (non-hydrogen) atoms. The van der Waals surface area contributed by atoms with Crippen molar-refractivity contribution < 1.29 is 4.79 Å². The van der Waals surface area contributed by atoms with Gasteiger partial charge in [-0.15, -0.1) is 0 Å². The second kappa shape index (κ2) is 4.26. The zero-order valence-corrected chi connectivity index (χ0v) is 9.81. The van der Waals surface area contributed by atoms with Gasteiger partial charge in [0.05, 0.1) is 6.04 Å². The summed E-state index contributed by atoms with van der Waals surface area (Å²) in [5.74, 6) is 0.168. The maximum atomic E-state index is 11.7. The molecule has 1 saturated heterocycles. The van der Waals surface area contributed by atoms with Crippen LogP contribution in [0, 0.1) is 6.92 Å². The number of amides is 1. The molecule has 2 N–H and O–H groups in total. The molecule has 1 fully saturated rings. The number of carbonyl (C=O) groups is 1. The summed E-state index contributed by atoms with van der Waals surface area (Å²) >= 11 is 0. The standard InChI is InChI=1S/C13H18N2O/c1-3-15-12(16)8-11(14)13(15)10-6-4-5-9(2)7-10/h4-7,11,13H,3,8,14H2,1-2H3. The Hall–Kier alpha value is -1.35. The van der Waals surface area contributed by atoms with Crippen molar-refractivity contribution in [2.24, 2.45) is 5.73 Å². The number of nitrogens with two attached hydrogens (primary N) is 1. The van der Waals surface area contributed by atoms with Gasteiger partial charge in [-0.05, 0) is 19.4 Å². The lowest BCUT2D eigenvalue weighted by Gasteiger charge is -2.26. The molecule has 0 aromatic heterocycles. The molecular weight excluding hydrogens is 200 g/mol. The Labute approximate surface area is 96.2 Å². The van der Waals surface area contributed by atoms with E-state index in [2.05, 4.69) is 25.1 Å². The van der Waals surface area contributed by atoms with E-state index in [1.807, 2.05) is 17.9 Å². The minimum atomic E-state index is -0.0748. The summed E-state index contributed by atoms with van der Waals surface area (Å²) in [6, 6.07) is 8.23. The molecular formula is C13H18N2O. The molecule has 86 valence electrons. The largest absolute Gasteiger partial charge is 0.334 e. The number of aryl methyl sites for hydroxylation is 1. The van der Waals surface area contributed by atoms with Gasteiger partial charge < -0.3 is 10.6 Å². The molecule has 0 bridgehead atoms. The van der Waals surface area contributed by atoms with Crippen LogP contribution in [0.25, 0.3) is 0 Å². The van der Waals surface area contributed by atoms with Crippen LogP contribution in [0.15, 0.2) is 24.3 Å². The van der Waals surface area contributed by atoms with Crippen molar-refractivity contribution in [3.63, 3.8) is 0 Å². The zero-order chi connectivity index (χ0) is 11.7. The molecule has 0 radical (unpaired) electrons. The molecule has 0 aliphatic carbocycles. The molecule has 1 amide bonds. The number of likely N-dealkylation sites (tertiary alicyclic amines) is 1. The molecule has 1 heterocycles. The Balaban J connectivity index is 2.35. The molecule has 2 atom stereocenters. The monoisotopic (exact) mass is 218 g/mol. The van der Waals surface area contributed by atoms with Gasteiger partial charge in [0, 0.05) is 19.0 Å². The van der Waals surface area contributed by atoms with E-state index in [-0.39, 0.29) is 18.0 Å². The first-order valence-corrected chi connectivity index (χ1v) is 5.75. The fraction of sp³-hybridized carbons (Fsp3) is 0.462. The number of nitrogens with zero attached hydrogens (tertiary/aromatic N) is 1. The maximum absolute atomic E-state index is 11.7. The zero-order valence-electron chi connectivity index (χ0n) is 9.81. The lowest BCUT2D eigenvalue weighted by molar-refractivity contribution is -0.128. The molecule has 1 aliphatic rings. The van der Waals surface area contributed by atoms with E-state index < -0.39 is 0 Å². The summed E-state index contributed by atoms with van der Waals surface area (Å²) in [7, 11) is 0. The molecule has 2 unspecified atom stereocenters. The highest BCUT2D eigenvalue weighted by atomic mass is 16.2. The average Bonchev–Trinajstić information content (AvgIpc) is 2.52. The third kappa shape index (κ3) is 1.83. The summed E-state index contributed by atoms with van der Waals surface area (Å²) < 4.78 is 0. The van der Waals surface area contributed by atoms with Crippen LogP contribution in [-0.2, 0) is 4.79 Å². The van der Waals surface area contributed by atoms with E-state index in [1.54, 1.807) is 0 Å². The van der Waals surface area contributed by atoms with E-state index in [0.717, 1.165) is 12.1 Å². The molecule has 1 aromatic rings. The first-order chi connectivity index (χ1) is 7.63. The van der Waals surface area contributed by atoms with Crippen LogP contribution in [0.5, 0.6) is 0 Å². The highest BCUT2D eigenvalue weighted by Gasteiger charge is 2.37. The summed E-state index contributed by atoms with van der Waals surface area (Å²) in [4.78, 5) is 13.6. The predicted molar refractivity (Wildman–Crippen MR) is 63.9 cm³/mol. The van der Waals surface area contributed by atoms with Crippen molar-refractivity contribution in [1.82, 2.24) is 4.90 Å². The summed E-state index contributed by atoms with van der Waals surface area (Å²) in [6.45, 7) is 4.78. The molecule has 1 aliphatic heterocycles. The first-order valence-electron chi connectivity index (χ1n) is 5.75. The highest BCUT2D eigenvalue weighted by Crippen LogP contribution is 2.31. The topological polar surface area (TPSA) is 46.3 Å². The van der Waals surface area contributed by atoms with Crippen molar-refractivity contribution in [2.45, 2.75) is 32.4 Å². The third-order valence-electron chi connectivity index (χ3n) is 3.20. The van der Waals surface area contributed by atoms with Gasteiger partial charge in [-0.3, -0.25) is 4.79 Å². The number of hydrogen-bond acceptors (Lipinski definition) is 2. The maximum Gasteiger partial charge on any atom is 0.224 e. The Morgan fingerprint density at radius 2 is 2.25 bits per heavy atom. The van der Waals surface area contributed by atoms with Crippen LogP contribution in [0.2, 0.25) is 0 Å². The van der Waals surface area contributed by atoms with E-state index in [9.17, 15) is 4.79 Å². The average molecular weight is 218 g/mol. The third-order valence-corrected chi connectivity index (χ3v) is 3.20. The van der Waals surface area contributed by atoms with Crippen molar-refractivity contribution in [3.05, 3.63) is 35.4 Å². The van der Waals surface area contributed by atoms with Gasteiger partial charge in [0.1, 0.15) is 0 Å². The Bertz CT molecular complexity index is 403. The van der Waals surface area contributed by atoms with Gasteiger partial charge >= 0.3 is 0 Å². The van der Waals surface area contributed by atoms with Gasteiger partial charge in [0.15, 0.2) is 0 Å². The molecule has 3 nitrogen and oxygen atoms in total. The van der Waals surface area contributed by atoms with E-state index in [1.165, 1.54) is 5.56 Å². The second-order valence-electron chi connectivity index (χ2n) is 4.41. The molecule has 3 heteroatoms. The molecule has 0 spiro atoms. The van der Waals surface area contributed by atoms with Gasteiger partial charge in [-0.1, -0.05) is 29.8 Å². The van der Waals surface area contributed by atoms with Crippen LogP contribution >= 0.6 is 0 Å². The van der Waals surface area contributed by atoms with E-state index in [0.29, 0.717) is 6.42 Å². The number of hydrogen-bond donors (Lipinski definition) is 1. The normalized spacial score (nSPS) is 25.2. The van der Waals surface area contributed by atoms with E-state index >= 15 is 0 Å². The summed E-state index contributed by atoms with van der Waals surface area (Å²) in [6.07, 6.45) is 0.465. The summed E-state index contributed by atoms with van der Waals surface area (Å²) in [5.41, 5.74) is 8.42. The highest BCUT2D eigenvalue weighted by molar-refractivity contribution is 5.80. The Morgan fingerprint density at radius 1 is 1.50 bits per heavy atom. The Kier molecular flexibility index (Phi) is 2.97. The van der Waals surface area contributed by atoms with Gasteiger partial charge in [0.25, 0.3) is 0 Å². The first kappa shape index (κ1) is 11.1. The lowest BCUT2D eigenvalue weighted by Crippen LogP contribution is -2.32. The van der Waals surface area contributed by atoms with E-state index in [4.69, 9.17) is 5.73 Å². The number of rotatable bonds is 2. The van der Waals surface area contributed by atoms with Gasteiger partial charge in [-0.25, -0.2) is 0 Å².